The van der Waals surface area contributed by atoms with Crippen LogP contribution < -0.4 is 5.32 Å². The van der Waals surface area contributed by atoms with Gasteiger partial charge in [0.15, 0.2) is 0 Å². The number of piperidine rings is 1. The summed E-state index contributed by atoms with van der Waals surface area (Å²) in [5.41, 5.74) is 0.0443. The summed E-state index contributed by atoms with van der Waals surface area (Å²) in [5.74, 6) is 0.784. The monoisotopic (exact) mass is 226 g/mol. The minimum atomic E-state index is -0.151. The molecule has 92 valence electrons. The number of hydrogen-bond donors (Lipinski definition) is 1. The quantitative estimate of drug-likeness (QED) is 0.736. The fraction of sp³-hybridized carbons (Fsp3) is 0.917. The zero-order valence-electron chi connectivity index (χ0n) is 10.5. The van der Waals surface area contributed by atoms with E-state index >= 15 is 0 Å². The number of likely N-dealkylation sites (tertiary alicyclic amines) is 1. The van der Waals surface area contributed by atoms with E-state index in [-0.39, 0.29) is 11.5 Å². The highest BCUT2D eigenvalue weighted by atomic mass is 16.6. The van der Waals surface area contributed by atoms with E-state index < -0.39 is 0 Å². The van der Waals surface area contributed by atoms with Gasteiger partial charge < -0.3 is 15.0 Å². The topological polar surface area (TPSA) is 41.6 Å². The van der Waals surface area contributed by atoms with Crippen molar-refractivity contribution >= 4 is 6.09 Å². The molecule has 1 amide bonds. The van der Waals surface area contributed by atoms with Gasteiger partial charge in [-0.25, -0.2) is 4.79 Å². The molecule has 0 aromatic rings. The lowest BCUT2D eigenvalue weighted by molar-refractivity contribution is 0.0400. The summed E-state index contributed by atoms with van der Waals surface area (Å²) in [4.78, 5) is 13.6. The maximum atomic E-state index is 11.8. The SMILES string of the molecule is CC(C)(C)COC(=O)N1CCC2CNC2C1. The van der Waals surface area contributed by atoms with Crippen LogP contribution in [0.2, 0.25) is 0 Å². The predicted octanol–water partition coefficient (Wildman–Crippen LogP) is 1.46. The average molecular weight is 226 g/mol. The lowest BCUT2D eigenvalue weighted by Gasteiger charge is -2.45. The molecule has 2 heterocycles. The third-order valence-electron chi connectivity index (χ3n) is 3.29. The zero-order valence-corrected chi connectivity index (χ0v) is 10.5. The van der Waals surface area contributed by atoms with E-state index in [0.29, 0.717) is 12.6 Å². The van der Waals surface area contributed by atoms with Crippen LogP contribution in [0.5, 0.6) is 0 Å². The van der Waals surface area contributed by atoms with Crippen LogP contribution in [-0.2, 0) is 4.74 Å². The highest BCUT2D eigenvalue weighted by Crippen LogP contribution is 2.24. The van der Waals surface area contributed by atoms with Gasteiger partial charge in [0.2, 0.25) is 0 Å². The van der Waals surface area contributed by atoms with Crippen molar-refractivity contribution in [2.45, 2.75) is 33.2 Å². The number of ether oxygens (including phenoxy) is 1. The zero-order chi connectivity index (χ0) is 11.8. The molecular formula is C12H22N2O2. The molecule has 0 radical (unpaired) electrons. The number of rotatable bonds is 1. The van der Waals surface area contributed by atoms with E-state index in [9.17, 15) is 4.79 Å². The molecular weight excluding hydrogens is 204 g/mol. The molecule has 0 aromatic carbocycles. The van der Waals surface area contributed by atoms with Gasteiger partial charge in [-0.2, -0.15) is 0 Å². The maximum Gasteiger partial charge on any atom is 0.409 e. The van der Waals surface area contributed by atoms with Gasteiger partial charge in [0.25, 0.3) is 0 Å². The second kappa shape index (κ2) is 4.24. The lowest BCUT2D eigenvalue weighted by Crippen LogP contribution is -2.62. The van der Waals surface area contributed by atoms with E-state index in [1.165, 1.54) is 0 Å². The van der Waals surface area contributed by atoms with Crippen molar-refractivity contribution in [2.24, 2.45) is 11.3 Å². The van der Waals surface area contributed by atoms with Gasteiger partial charge in [0, 0.05) is 19.1 Å². The Morgan fingerprint density at radius 2 is 2.25 bits per heavy atom. The molecule has 2 aliphatic rings. The van der Waals surface area contributed by atoms with Gasteiger partial charge in [0.05, 0.1) is 6.61 Å². The van der Waals surface area contributed by atoms with Crippen LogP contribution in [0.4, 0.5) is 4.79 Å². The number of nitrogens with one attached hydrogen (secondary N) is 1. The Labute approximate surface area is 97.3 Å². The highest BCUT2D eigenvalue weighted by molar-refractivity contribution is 5.67. The number of fused-ring (bicyclic) bond motifs is 1. The van der Waals surface area contributed by atoms with Gasteiger partial charge in [-0.05, 0) is 24.3 Å². The fourth-order valence-corrected chi connectivity index (χ4v) is 2.15. The number of carbonyl (C=O) groups excluding carboxylic acids is 1. The van der Waals surface area contributed by atoms with Crippen LogP contribution in [-0.4, -0.2) is 43.3 Å². The average Bonchev–Trinajstić information content (AvgIpc) is 2.15. The molecule has 0 saturated carbocycles. The van der Waals surface area contributed by atoms with Crippen LogP contribution in [0, 0.1) is 11.3 Å². The molecule has 4 heteroatoms. The Kier molecular flexibility index (Phi) is 3.10. The summed E-state index contributed by atoms with van der Waals surface area (Å²) in [6, 6.07) is 0.510. The minimum absolute atomic E-state index is 0.0443. The van der Waals surface area contributed by atoms with Gasteiger partial charge >= 0.3 is 6.09 Å². The van der Waals surface area contributed by atoms with Gasteiger partial charge in [-0.3, -0.25) is 0 Å². The Bertz CT molecular complexity index is 273. The van der Waals surface area contributed by atoms with Crippen molar-refractivity contribution in [3.63, 3.8) is 0 Å². The number of carbonyl (C=O) groups is 1. The largest absolute Gasteiger partial charge is 0.449 e. The van der Waals surface area contributed by atoms with E-state index in [2.05, 4.69) is 26.1 Å². The Hall–Kier alpha value is -0.770. The maximum absolute atomic E-state index is 11.8. The normalized spacial score (nSPS) is 29.3. The summed E-state index contributed by atoms with van der Waals surface area (Å²) in [7, 11) is 0. The first-order chi connectivity index (χ1) is 7.46. The molecule has 2 rings (SSSR count). The van der Waals surface area contributed by atoms with Crippen LogP contribution in [0.3, 0.4) is 0 Å². The van der Waals surface area contributed by atoms with Crippen LogP contribution in [0.25, 0.3) is 0 Å². The van der Waals surface area contributed by atoms with E-state index in [4.69, 9.17) is 4.74 Å². The number of nitrogens with zero attached hydrogens (tertiary/aromatic N) is 1. The fourth-order valence-electron chi connectivity index (χ4n) is 2.15. The first-order valence-electron chi connectivity index (χ1n) is 6.11. The predicted molar refractivity (Wildman–Crippen MR) is 62.3 cm³/mol. The van der Waals surface area contributed by atoms with E-state index in [1.54, 1.807) is 0 Å². The molecule has 0 aromatic heterocycles. The molecule has 2 aliphatic heterocycles. The number of hydrogen-bond acceptors (Lipinski definition) is 3. The molecule has 0 spiro atoms. The summed E-state index contributed by atoms with van der Waals surface area (Å²) in [6.45, 7) is 9.48. The van der Waals surface area contributed by atoms with E-state index in [1.807, 2.05) is 4.90 Å². The van der Waals surface area contributed by atoms with Crippen molar-refractivity contribution in [1.29, 1.82) is 0 Å². The second-order valence-corrected chi connectivity index (χ2v) is 6.12. The Morgan fingerprint density at radius 1 is 1.50 bits per heavy atom. The van der Waals surface area contributed by atoms with Crippen LogP contribution in [0.15, 0.2) is 0 Å². The standard InChI is InChI=1S/C12H22N2O2/c1-12(2,3)8-16-11(15)14-5-4-9-6-13-10(9)7-14/h9-10,13H,4-8H2,1-3H3. The number of amides is 1. The van der Waals surface area contributed by atoms with Gasteiger partial charge in [-0.15, -0.1) is 0 Å². The molecule has 0 aliphatic carbocycles. The van der Waals surface area contributed by atoms with Crippen molar-refractivity contribution in [3.05, 3.63) is 0 Å². The summed E-state index contributed by atoms with van der Waals surface area (Å²) in [5, 5.41) is 3.36. The van der Waals surface area contributed by atoms with Gasteiger partial charge in [-0.1, -0.05) is 20.8 Å². The third kappa shape index (κ3) is 2.67. The van der Waals surface area contributed by atoms with Crippen molar-refractivity contribution < 1.29 is 9.53 Å². The molecule has 2 fully saturated rings. The smallest absolute Gasteiger partial charge is 0.409 e. The molecule has 4 nitrogen and oxygen atoms in total. The summed E-state index contributed by atoms with van der Waals surface area (Å²) in [6.07, 6.45) is 0.963. The molecule has 16 heavy (non-hydrogen) atoms. The Balaban J connectivity index is 1.77. The van der Waals surface area contributed by atoms with Crippen LogP contribution in [0.1, 0.15) is 27.2 Å². The Morgan fingerprint density at radius 3 is 2.75 bits per heavy atom. The first-order valence-corrected chi connectivity index (χ1v) is 6.11. The third-order valence-corrected chi connectivity index (χ3v) is 3.29. The second-order valence-electron chi connectivity index (χ2n) is 6.12. The molecule has 2 unspecified atom stereocenters. The summed E-state index contributed by atoms with van der Waals surface area (Å²) >= 11 is 0. The van der Waals surface area contributed by atoms with Crippen molar-refractivity contribution in [3.8, 4) is 0 Å². The molecule has 0 bridgehead atoms. The first kappa shape index (κ1) is 11.7. The van der Waals surface area contributed by atoms with Crippen LogP contribution >= 0.6 is 0 Å². The highest BCUT2D eigenvalue weighted by Gasteiger charge is 2.37. The van der Waals surface area contributed by atoms with Crippen molar-refractivity contribution in [1.82, 2.24) is 10.2 Å². The lowest BCUT2D eigenvalue weighted by atomic mass is 9.85. The van der Waals surface area contributed by atoms with Crippen molar-refractivity contribution in [2.75, 3.05) is 26.2 Å². The van der Waals surface area contributed by atoms with Gasteiger partial charge in [0.1, 0.15) is 0 Å². The van der Waals surface area contributed by atoms with E-state index in [0.717, 1.165) is 32.0 Å². The molecule has 2 atom stereocenters. The minimum Gasteiger partial charge on any atom is -0.449 e. The molecule has 2 saturated heterocycles. The summed E-state index contributed by atoms with van der Waals surface area (Å²) < 4.78 is 5.31. The molecule has 1 N–H and O–H groups in total.